The summed E-state index contributed by atoms with van der Waals surface area (Å²) in [5.41, 5.74) is 1.44. The molecule has 3 aromatic rings. The van der Waals surface area contributed by atoms with Crippen LogP contribution in [0.1, 0.15) is 11.1 Å². The molecule has 10 nitrogen and oxygen atoms in total. The standard InChI is InChI=1S/C15H12N6O4/c1-10-2-4-11(5-3-10)9-19-17-15(16-18-19)12-6-13(20(22)23)8-14(7-12)21(24)25/h2-8H,9H2,1H3. The number of aryl methyl sites for hydroxylation is 1. The third-order valence-corrected chi connectivity index (χ3v) is 3.48. The van der Waals surface area contributed by atoms with E-state index in [0.29, 0.717) is 6.54 Å². The van der Waals surface area contributed by atoms with E-state index < -0.39 is 21.2 Å². The summed E-state index contributed by atoms with van der Waals surface area (Å²) in [5, 5.41) is 33.8. The van der Waals surface area contributed by atoms with Gasteiger partial charge < -0.3 is 0 Å². The molecule has 0 fully saturated rings. The molecule has 0 aliphatic rings. The minimum Gasteiger partial charge on any atom is -0.258 e. The predicted molar refractivity (Wildman–Crippen MR) is 86.8 cm³/mol. The van der Waals surface area contributed by atoms with E-state index in [1.807, 2.05) is 31.2 Å². The minimum absolute atomic E-state index is 0.0823. The van der Waals surface area contributed by atoms with Crippen LogP contribution in [-0.4, -0.2) is 30.1 Å². The van der Waals surface area contributed by atoms with Crippen LogP contribution in [0.5, 0.6) is 0 Å². The summed E-state index contributed by atoms with van der Waals surface area (Å²) in [4.78, 5) is 21.8. The highest BCUT2D eigenvalue weighted by Crippen LogP contribution is 2.27. The Morgan fingerprint density at radius 2 is 1.60 bits per heavy atom. The van der Waals surface area contributed by atoms with Gasteiger partial charge in [-0.2, -0.15) is 4.80 Å². The lowest BCUT2D eigenvalue weighted by atomic mass is 10.1. The first-order valence-electron chi connectivity index (χ1n) is 7.20. The van der Waals surface area contributed by atoms with Crippen molar-refractivity contribution in [2.24, 2.45) is 0 Å². The van der Waals surface area contributed by atoms with Gasteiger partial charge in [-0.3, -0.25) is 20.2 Å². The number of non-ortho nitro benzene ring substituents is 2. The van der Waals surface area contributed by atoms with E-state index >= 15 is 0 Å². The van der Waals surface area contributed by atoms with Crippen molar-refractivity contribution in [3.63, 3.8) is 0 Å². The van der Waals surface area contributed by atoms with Crippen LogP contribution in [0.4, 0.5) is 11.4 Å². The zero-order valence-corrected chi connectivity index (χ0v) is 13.1. The molecule has 0 radical (unpaired) electrons. The maximum atomic E-state index is 11.0. The first kappa shape index (κ1) is 16.2. The Kier molecular flexibility index (Phi) is 4.16. The summed E-state index contributed by atoms with van der Waals surface area (Å²) >= 11 is 0. The van der Waals surface area contributed by atoms with Gasteiger partial charge >= 0.3 is 0 Å². The summed E-state index contributed by atoms with van der Waals surface area (Å²) < 4.78 is 0. The lowest BCUT2D eigenvalue weighted by molar-refractivity contribution is -0.394. The summed E-state index contributed by atoms with van der Waals surface area (Å²) in [6, 6.07) is 11.0. The Labute approximate surface area is 141 Å². The molecule has 0 atom stereocenters. The Hall–Kier alpha value is -3.69. The highest BCUT2D eigenvalue weighted by atomic mass is 16.6. The number of nitro benzene ring substituents is 2. The highest BCUT2D eigenvalue weighted by molar-refractivity contribution is 5.63. The molecule has 0 N–H and O–H groups in total. The van der Waals surface area contributed by atoms with E-state index in [0.717, 1.165) is 17.2 Å². The second kappa shape index (κ2) is 6.43. The lowest BCUT2D eigenvalue weighted by Gasteiger charge is -2.00. The minimum atomic E-state index is -0.701. The fourth-order valence-electron chi connectivity index (χ4n) is 2.22. The molecule has 126 valence electrons. The predicted octanol–water partition coefficient (Wildman–Crippen LogP) is 2.51. The van der Waals surface area contributed by atoms with Gasteiger partial charge in [-0.25, -0.2) is 0 Å². The zero-order chi connectivity index (χ0) is 18.0. The van der Waals surface area contributed by atoms with Gasteiger partial charge in [0.2, 0.25) is 5.82 Å². The van der Waals surface area contributed by atoms with Crippen LogP contribution in [0.3, 0.4) is 0 Å². The monoisotopic (exact) mass is 340 g/mol. The Morgan fingerprint density at radius 1 is 1.00 bits per heavy atom. The molecular weight excluding hydrogens is 328 g/mol. The number of hydrogen-bond donors (Lipinski definition) is 0. The molecule has 0 spiro atoms. The molecule has 3 rings (SSSR count). The lowest BCUT2D eigenvalue weighted by Crippen LogP contribution is -2.04. The summed E-state index contributed by atoms with van der Waals surface area (Å²) in [7, 11) is 0. The maximum absolute atomic E-state index is 11.0. The zero-order valence-electron chi connectivity index (χ0n) is 13.1. The number of benzene rings is 2. The van der Waals surface area contributed by atoms with Gasteiger partial charge in [-0.05, 0) is 17.7 Å². The van der Waals surface area contributed by atoms with Crippen molar-refractivity contribution in [2.45, 2.75) is 13.5 Å². The summed E-state index contributed by atoms with van der Waals surface area (Å²) in [6.45, 7) is 2.34. The molecule has 0 amide bonds. The number of tetrazole rings is 1. The molecule has 1 heterocycles. The van der Waals surface area contributed by atoms with Crippen LogP contribution in [0.2, 0.25) is 0 Å². The van der Waals surface area contributed by atoms with Crippen molar-refractivity contribution in [3.8, 4) is 11.4 Å². The molecule has 25 heavy (non-hydrogen) atoms. The second-order valence-corrected chi connectivity index (χ2v) is 5.38. The van der Waals surface area contributed by atoms with Crippen LogP contribution >= 0.6 is 0 Å². The SMILES string of the molecule is Cc1ccc(Cn2nnc(-c3cc([N+](=O)[O-])cc([N+](=O)[O-])c3)n2)cc1. The quantitative estimate of drug-likeness (QED) is 0.515. The molecule has 0 aliphatic heterocycles. The van der Waals surface area contributed by atoms with Gasteiger partial charge in [0.25, 0.3) is 11.4 Å². The summed E-state index contributed by atoms with van der Waals surface area (Å²) in [5.74, 6) is 0.0823. The largest absolute Gasteiger partial charge is 0.277 e. The van der Waals surface area contributed by atoms with Crippen molar-refractivity contribution < 1.29 is 9.85 Å². The second-order valence-electron chi connectivity index (χ2n) is 5.38. The summed E-state index contributed by atoms with van der Waals surface area (Å²) in [6.07, 6.45) is 0. The van der Waals surface area contributed by atoms with E-state index in [4.69, 9.17) is 0 Å². The number of nitro groups is 2. The van der Waals surface area contributed by atoms with Crippen molar-refractivity contribution in [1.82, 2.24) is 20.2 Å². The van der Waals surface area contributed by atoms with Gasteiger partial charge in [0.1, 0.15) is 0 Å². The third kappa shape index (κ3) is 3.63. The molecule has 0 saturated carbocycles. The van der Waals surface area contributed by atoms with E-state index in [-0.39, 0.29) is 11.4 Å². The average Bonchev–Trinajstić information content (AvgIpc) is 3.05. The normalized spacial score (nSPS) is 10.6. The molecule has 2 aromatic carbocycles. The van der Waals surface area contributed by atoms with Crippen LogP contribution in [0.15, 0.2) is 42.5 Å². The van der Waals surface area contributed by atoms with Gasteiger partial charge in [-0.15, -0.1) is 10.2 Å². The third-order valence-electron chi connectivity index (χ3n) is 3.48. The van der Waals surface area contributed by atoms with E-state index in [9.17, 15) is 20.2 Å². The number of rotatable bonds is 5. The van der Waals surface area contributed by atoms with Crippen LogP contribution in [0.25, 0.3) is 11.4 Å². The van der Waals surface area contributed by atoms with Gasteiger partial charge in [0.15, 0.2) is 0 Å². The van der Waals surface area contributed by atoms with Crippen molar-refractivity contribution in [2.75, 3.05) is 0 Å². The molecule has 0 unspecified atom stereocenters. The molecule has 0 saturated heterocycles. The van der Waals surface area contributed by atoms with E-state index in [1.54, 1.807) is 0 Å². The molecule has 1 aromatic heterocycles. The van der Waals surface area contributed by atoms with Crippen LogP contribution in [-0.2, 0) is 6.54 Å². The van der Waals surface area contributed by atoms with Crippen LogP contribution in [0, 0.1) is 27.2 Å². The smallest absolute Gasteiger partial charge is 0.258 e. The molecule has 0 aliphatic carbocycles. The molecule has 10 heteroatoms. The van der Waals surface area contributed by atoms with Crippen molar-refractivity contribution >= 4 is 11.4 Å². The molecule has 0 bridgehead atoms. The number of hydrogen-bond acceptors (Lipinski definition) is 7. The number of nitrogens with zero attached hydrogens (tertiary/aromatic N) is 6. The molecular formula is C15H12N6O4. The van der Waals surface area contributed by atoms with Crippen molar-refractivity contribution in [3.05, 3.63) is 73.8 Å². The topological polar surface area (TPSA) is 130 Å². The first-order valence-corrected chi connectivity index (χ1v) is 7.20. The average molecular weight is 340 g/mol. The maximum Gasteiger partial charge on any atom is 0.277 e. The van der Waals surface area contributed by atoms with E-state index in [2.05, 4.69) is 15.4 Å². The first-order chi connectivity index (χ1) is 11.9. The van der Waals surface area contributed by atoms with Gasteiger partial charge in [0, 0.05) is 17.7 Å². The fraction of sp³-hybridized carbons (Fsp3) is 0.133. The van der Waals surface area contributed by atoms with Crippen LogP contribution < -0.4 is 0 Å². The number of aromatic nitrogens is 4. The van der Waals surface area contributed by atoms with Gasteiger partial charge in [0.05, 0.1) is 22.5 Å². The van der Waals surface area contributed by atoms with Crippen molar-refractivity contribution in [1.29, 1.82) is 0 Å². The fourth-order valence-corrected chi connectivity index (χ4v) is 2.22. The highest BCUT2D eigenvalue weighted by Gasteiger charge is 2.19. The Bertz CT molecular complexity index is 919. The Morgan fingerprint density at radius 3 is 2.16 bits per heavy atom. The van der Waals surface area contributed by atoms with Gasteiger partial charge in [-0.1, -0.05) is 29.8 Å². The Balaban J connectivity index is 1.92. The van der Waals surface area contributed by atoms with E-state index in [1.165, 1.54) is 16.9 Å².